The summed E-state index contributed by atoms with van der Waals surface area (Å²) in [6.07, 6.45) is 59.9. The molecule has 0 saturated carbocycles. The number of hydrogen-bond donors (Lipinski definition) is 9. The zero-order valence-electron chi connectivity index (χ0n) is 55.3. The first-order valence-corrected chi connectivity index (χ1v) is 36.0. The van der Waals surface area contributed by atoms with Crippen molar-refractivity contribution in [2.24, 2.45) is 0 Å². The van der Waals surface area contributed by atoms with Gasteiger partial charge in [-0.25, -0.2) is 0 Å². The minimum absolute atomic E-state index is 0.238. The van der Waals surface area contributed by atoms with Gasteiger partial charge in [-0.1, -0.05) is 299 Å². The van der Waals surface area contributed by atoms with Gasteiger partial charge in [0.1, 0.15) is 48.8 Å². The molecule has 1 amide bonds. The monoisotopic (exact) mass is 1230 g/mol. The maximum Gasteiger partial charge on any atom is 0.220 e. The fourth-order valence-electron chi connectivity index (χ4n) is 11.8. The van der Waals surface area contributed by atoms with Crippen LogP contribution in [0.5, 0.6) is 0 Å². The molecule has 12 atom stereocenters. The van der Waals surface area contributed by atoms with Crippen LogP contribution in [0.25, 0.3) is 0 Å². The number of nitrogens with one attached hydrogen (secondary N) is 1. The molecular formula is C73H133NO13. The molecular weight excluding hydrogens is 1100 g/mol. The second-order valence-corrected chi connectivity index (χ2v) is 25.3. The molecule has 0 aromatic carbocycles. The van der Waals surface area contributed by atoms with Crippen molar-refractivity contribution in [1.82, 2.24) is 5.32 Å². The van der Waals surface area contributed by atoms with Crippen molar-refractivity contribution in [3.05, 3.63) is 60.8 Å². The summed E-state index contributed by atoms with van der Waals surface area (Å²) in [5, 5.41) is 87.5. The second kappa shape index (κ2) is 57.6. The summed E-state index contributed by atoms with van der Waals surface area (Å²) in [5.74, 6) is -0.238. The molecule has 87 heavy (non-hydrogen) atoms. The largest absolute Gasteiger partial charge is 0.394 e. The highest BCUT2D eigenvalue weighted by Gasteiger charge is 2.51. The minimum Gasteiger partial charge on any atom is -0.394 e. The molecule has 14 heteroatoms. The maximum atomic E-state index is 13.3. The van der Waals surface area contributed by atoms with E-state index in [-0.39, 0.29) is 18.9 Å². The highest BCUT2D eigenvalue weighted by Crippen LogP contribution is 2.30. The van der Waals surface area contributed by atoms with Gasteiger partial charge in [-0.3, -0.25) is 4.79 Å². The number of aliphatic hydroxyl groups excluding tert-OH is 8. The fourth-order valence-corrected chi connectivity index (χ4v) is 11.8. The average molecular weight is 1230 g/mol. The summed E-state index contributed by atoms with van der Waals surface area (Å²) < 4.78 is 22.9. The van der Waals surface area contributed by atoms with Gasteiger partial charge < -0.3 is 65.1 Å². The third-order valence-corrected chi connectivity index (χ3v) is 17.5. The van der Waals surface area contributed by atoms with Gasteiger partial charge in [0.25, 0.3) is 0 Å². The number of carbonyl (C=O) groups excluding carboxylic acids is 1. The van der Waals surface area contributed by atoms with E-state index in [1.54, 1.807) is 6.08 Å². The summed E-state index contributed by atoms with van der Waals surface area (Å²) in [7, 11) is 0. The van der Waals surface area contributed by atoms with Crippen molar-refractivity contribution in [3.63, 3.8) is 0 Å². The van der Waals surface area contributed by atoms with Gasteiger partial charge in [0.2, 0.25) is 5.91 Å². The van der Waals surface area contributed by atoms with Crippen LogP contribution in [0.1, 0.15) is 303 Å². The second-order valence-electron chi connectivity index (χ2n) is 25.3. The third kappa shape index (κ3) is 41.7. The molecule has 0 spiro atoms. The Balaban J connectivity index is 1.67. The average Bonchev–Trinajstić information content (AvgIpc) is 2.58. The van der Waals surface area contributed by atoms with Crippen molar-refractivity contribution >= 4 is 5.91 Å². The lowest BCUT2D eigenvalue weighted by Crippen LogP contribution is -2.65. The topological polar surface area (TPSA) is 228 Å². The Hall–Kier alpha value is -2.31. The first-order valence-electron chi connectivity index (χ1n) is 36.0. The Morgan fingerprint density at radius 3 is 1.22 bits per heavy atom. The van der Waals surface area contributed by atoms with Gasteiger partial charge in [-0.2, -0.15) is 0 Å². The zero-order valence-corrected chi connectivity index (χ0v) is 55.3. The van der Waals surface area contributed by atoms with Crippen LogP contribution in [0.4, 0.5) is 0 Å². The number of unbranched alkanes of at least 4 members (excludes halogenated alkanes) is 38. The van der Waals surface area contributed by atoms with E-state index in [0.29, 0.717) is 6.42 Å². The van der Waals surface area contributed by atoms with E-state index in [9.17, 15) is 45.6 Å². The van der Waals surface area contributed by atoms with Gasteiger partial charge in [-0.05, 0) is 57.8 Å². The molecule has 0 radical (unpaired) electrons. The van der Waals surface area contributed by atoms with Crippen molar-refractivity contribution < 1.29 is 64.6 Å². The van der Waals surface area contributed by atoms with Gasteiger partial charge >= 0.3 is 0 Å². The molecule has 508 valence electrons. The van der Waals surface area contributed by atoms with Gasteiger partial charge in [-0.15, -0.1) is 0 Å². The molecule has 2 rings (SSSR count). The Morgan fingerprint density at radius 2 is 0.793 bits per heavy atom. The summed E-state index contributed by atoms with van der Waals surface area (Å²) >= 11 is 0. The molecule has 2 aliphatic rings. The van der Waals surface area contributed by atoms with Crippen molar-refractivity contribution in [2.45, 2.75) is 376 Å². The molecule has 9 N–H and O–H groups in total. The summed E-state index contributed by atoms with van der Waals surface area (Å²) in [5.41, 5.74) is 0. The van der Waals surface area contributed by atoms with Crippen molar-refractivity contribution in [2.75, 3.05) is 19.8 Å². The molecule has 0 aliphatic carbocycles. The van der Waals surface area contributed by atoms with E-state index in [4.69, 9.17) is 18.9 Å². The van der Waals surface area contributed by atoms with E-state index < -0.39 is 86.8 Å². The lowest BCUT2D eigenvalue weighted by molar-refractivity contribution is -0.359. The van der Waals surface area contributed by atoms with Gasteiger partial charge in [0.15, 0.2) is 12.6 Å². The van der Waals surface area contributed by atoms with E-state index >= 15 is 0 Å². The molecule has 2 heterocycles. The van der Waals surface area contributed by atoms with Gasteiger partial charge in [0.05, 0.1) is 32.0 Å². The maximum absolute atomic E-state index is 13.3. The SMILES string of the molecule is CC/C=C\C/C=C\C/C=C\C/C=C\CCCCCCCCCCCCCCCCC(=O)NC(COC1OC(CO)C(OC2OC(CO)C(O)C(O)C2O)C(O)C1O)C(O)/C=C/CCCCCCCCCCCCCCCCCCCCCCCCCC. The summed E-state index contributed by atoms with van der Waals surface area (Å²) in [6, 6.07) is -0.918. The zero-order chi connectivity index (χ0) is 63.1. The first kappa shape index (κ1) is 80.8. The number of allylic oxidation sites excluding steroid dienone is 9. The molecule has 14 nitrogen and oxygen atoms in total. The highest BCUT2D eigenvalue weighted by molar-refractivity contribution is 5.76. The van der Waals surface area contributed by atoms with Crippen LogP contribution in [0.15, 0.2) is 60.8 Å². The van der Waals surface area contributed by atoms with Crippen LogP contribution < -0.4 is 5.32 Å². The summed E-state index contributed by atoms with van der Waals surface area (Å²) in [6.45, 7) is 2.73. The number of ether oxygens (including phenoxy) is 4. The van der Waals surface area contributed by atoms with E-state index in [1.807, 2.05) is 6.08 Å². The van der Waals surface area contributed by atoms with Crippen LogP contribution >= 0.6 is 0 Å². The van der Waals surface area contributed by atoms with Crippen LogP contribution in [-0.4, -0.2) is 140 Å². The van der Waals surface area contributed by atoms with Crippen molar-refractivity contribution in [1.29, 1.82) is 0 Å². The summed E-state index contributed by atoms with van der Waals surface area (Å²) in [4.78, 5) is 13.3. The lowest BCUT2D eigenvalue weighted by Gasteiger charge is -2.46. The molecule has 12 unspecified atom stereocenters. The highest BCUT2D eigenvalue weighted by atomic mass is 16.7. The number of aliphatic hydroxyl groups is 8. The number of hydrogen-bond acceptors (Lipinski definition) is 13. The van der Waals surface area contributed by atoms with Crippen LogP contribution in [0, 0.1) is 0 Å². The first-order chi connectivity index (χ1) is 42.6. The molecule has 0 bridgehead atoms. The predicted octanol–water partition coefficient (Wildman–Crippen LogP) is 14.8. The van der Waals surface area contributed by atoms with Crippen LogP contribution in [0.3, 0.4) is 0 Å². The number of rotatable bonds is 59. The Labute approximate surface area is 530 Å². The smallest absolute Gasteiger partial charge is 0.220 e. The van der Waals surface area contributed by atoms with E-state index in [0.717, 1.165) is 64.2 Å². The lowest BCUT2D eigenvalue weighted by atomic mass is 9.97. The Kier molecular flexibility index (Phi) is 53.5. The predicted molar refractivity (Wildman–Crippen MR) is 355 cm³/mol. The quantitative estimate of drug-likeness (QED) is 0.0204. The standard InChI is InChI=1S/C73H133NO13/c1-3-5-7-9-11-13-15-17-19-21-23-25-27-29-31-33-35-37-39-41-43-45-47-49-51-53-55-57-65(78)74-61(60-84-72-70(83)68(81)71(64(59-76)86-72)87-73-69(82)67(80)66(79)63(58-75)85-73)62(77)56-54-52-50-48-46-44-42-40-38-36-34-32-30-28-26-24-22-20-18-16-14-12-10-8-6-4-2/h5,7,11,13,17,19,23,25,54,56,61-64,66-73,75-77,79-83H,3-4,6,8-10,12,14-16,18,20-22,24,26-53,55,57-60H2,1-2H3,(H,74,78)/b7-5-,13-11-,19-17-,25-23-,56-54+. The van der Waals surface area contributed by atoms with Crippen molar-refractivity contribution in [3.8, 4) is 0 Å². The van der Waals surface area contributed by atoms with Crippen LogP contribution in [0.2, 0.25) is 0 Å². The fraction of sp³-hybridized carbons (Fsp3) is 0.849. The molecule has 2 saturated heterocycles. The molecule has 0 aromatic rings. The molecule has 2 fully saturated rings. The number of amides is 1. The number of carbonyl (C=O) groups is 1. The van der Waals surface area contributed by atoms with E-state index in [2.05, 4.69) is 67.8 Å². The molecule has 0 aromatic heterocycles. The minimum atomic E-state index is -1.79. The Morgan fingerprint density at radius 1 is 0.425 bits per heavy atom. The van der Waals surface area contributed by atoms with Gasteiger partial charge in [0, 0.05) is 6.42 Å². The van der Waals surface area contributed by atoms with E-state index in [1.165, 1.54) is 212 Å². The Bertz CT molecular complexity index is 1690. The molecule has 2 aliphatic heterocycles. The normalized spacial score (nSPS) is 23.6. The van der Waals surface area contributed by atoms with Crippen LogP contribution in [-0.2, 0) is 23.7 Å². The third-order valence-electron chi connectivity index (χ3n) is 17.5.